The van der Waals surface area contributed by atoms with Gasteiger partial charge in [0.15, 0.2) is 6.29 Å². The topological polar surface area (TPSA) is 47.9 Å². The van der Waals surface area contributed by atoms with E-state index >= 15 is 0 Å². The summed E-state index contributed by atoms with van der Waals surface area (Å²) in [5.41, 5.74) is -0.513. The maximum absolute atomic E-state index is 9.38. The molecule has 0 saturated carbocycles. The summed E-state index contributed by atoms with van der Waals surface area (Å²) in [6, 6.07) is 0. The summed E-state index contributed by atoms with van der Waals surface area (Å²) in [4.78, 5) is 0. The van der Waals surface area contributed by atoms with Crippen molar-refractivity contribution < 1.29 is 19.3 Å². The molecule has 0 amide bonds. The number of alkyl halides is 2. The minimum atomic E-state index is -0.513. The summed E-state index contributed by atoms with van der Waals surface area (Å²) in [5.74, 6) is 0.132. The highest BCUT2D eigenvalue weighted by Crippen LogP contribution is 2.39. The zero-order valence-corrected chi connectivity index (χ0v) is 12.3. The SMILES string of the molecule is CC[C@@]1(CO)O[C@@H](OC)C(OC)C1C.ClCCl. The van der Waals surface area contributed by atoms with Crippen LogP contribution in [0.25, 0.3) is 0 Å². The lowest BCUT2D eigenvalue weighted by Gasteiger charge is -2.29. The molecule has 0 aliphatic carbocycles. The van der Waals surface area contributed by atoms with Crippen LogP contribution in [0.5, 0.6) is 0 Å². The molecule has 1 fully saturated rings. The molecule has 0 spiro atoms. The van der Waals surface area contributed by atoms with E-state index in [-0.39, 0.29) is 30.3 Å². The monoisotopic (exact) mass is 288 g/mol. The van der Waals surface area contributed by atoms with Gasteiger partial charge < -0.3 is 19.3 Å². The van der Waals surface area contributed by atoms with Gasteiger partial charge in [0.2, 0.25) is 0 Å². The molecular formula is C11H22Cl2O4. The third-order valence-corrected chi connectivity index (χ3v) is 3.31. The molecule has 0 aromatic rings. The number of aliphatic hydroxyl groups excluding tert-OH is 1. The lowest BCUT2D eigenvalue weighted by atomic mass is 9.85. The van der Waals surface area contributed by atoms with Crippen LogP contribution >= 0.6 is 23.2 Å². The van der Waals surface area contributed by atoms with Gasteiger partial charge in [0.05, 0.1) is 17.5 Å². The highest BCUT2D eigenvalue weighted by atomic mass is 35.5. The fourth-order valence-electron chi connectivity index (χ4n) is 2.14. The van der Waals surface area contributed by atoms with Gasteiger partial charge in [0, 0.05) is 20.1 Å². The predicted octanol–water partition coefficient (Wildman–Crippen LogP) is 2.20. The molecule has 1 heterocycles. The molecule has 1 rings (SSSR count). The molecule has 1 aliphatic heterocycles. The van der Waals surface area contributed by atoms with Gasteiger partial charge in [-0.2, -0.15) is 0 Å². The van der Waals surface area contributed by atoms with Crippen LogP contribution in [0, 0.1) is 5.92 Å². The Balaban J connectivity index is 0.000000770. The largest absolute Gasteiger partial charge is 0.393 e. The summed E-state index contributed by atoms with van der Waals surface area (Å²) in [5, 5.41) is 9.57. The van der Waals surface area contributed by atoms with Crippen LogP contribution < -0.4 is 0 Å². The number of hydrogen-bond donors (Lipinski definition) is 1. The second-order valence-corrected chi connectivity index (χ2v) is 4.70. The molecule has 1 aliphatic rings. The number of rotatable bonds is 4. The molecule has 2 unspecified atom stereocenters. The van der Waals surface area contributed by atoms with E-state index in [9.17, 15) is 5.11 Å². The van der Waals surface area contributed by atoms with E-state index in [0.29, 0.717) is 0 Å². The van der Waals surface area contributed by atoms with E-state index in [1.807, 2.05) is 13.8 Å². The highest BCUT2D eigenvalue weighted by Gasteiger charge is 2.52. The smallest absolute Gasteiger partial charge is 0.184 e. The number of aliphatic hydroxyl groups is 1. The van der Waals surface area contributed by atoms with Gasteiger partial charge in [-0.3, -0.25) is 0 Å². The lowest BCUT2D eigenvalue weighted by molar-refractivity contribution is -0.189. The number of halogens is 2. The summed E-state index contributed by atoms with van der Waals surface area (Å²) >= 11 is 9.53. The molecular weight excluding hydrogens is 267 g/mol. The fraction of sp³-hybridized carbons (Fsp3) is 1.00. The minimum absolute atomic E-state index is 0.00435. The highest BCUT2D eigenvalue weighted by molar-refractivity contribution is 6.40. The number of ether oxygens (including phenoxy) is 3. The maximum atomic E-state index is 9.38. The second kappa shape index (κ2) is 8.51. The first-order valence-electron chi connectivity index (χ1n) is 5.53. The Bertz CT molecular complexity index is 200. The van der Waals surface area contributed by atoms with E-state index in [2.05, 4.69) is 0 Å². The van der Waals surface area contributed by atoms with Gasteiger partial charge in [-0.1, -0.05) is 13.8 Å². The van der Waals surface area contributed by atoms with Crippen LogP contribution in [-0.4, -0.2) is 49.3 Å². The zero-order valence-electron chi connectivity index (χ0n) is 10.8. The molecule has 6 heteroatoms. The molecule has 104 valence electrons. The van der Waals surface area contributed by atoms with Crippen molar-refractivity contribution in [2.24, 2.45) is 5.92 Å². The molecule has 0 aromatic carbocycles. The van der Waals surface area contributed by atoms with E-state index in [1.165, 1.54) is 0 Å². The number of methoxy groups -OCH3 is 2. The Kier molecular flexibility index (Phi) is 8.72. The molecule has 0 bridgehead atoms. The van der Waals surface area contributed by atoms with Crippen molar-refractivity contribution in [1.82, 2.24) is 0 Å². The Morgan fingerprint density at radius 3 is 2.06 bits per heavy atom. The summed E-state index contributed by atoms with van der Waals surface area (Å²) in [6.45, 7) is 4.02. The minimum Gasteiger partial charge on any atom is -0.393 e. The number of hydrogen-bond acceptors (Lipinski definition) is 4. The van der Waals surface area contributed by atoms with Crippen LogP contribution in [0.4, 0.5) is 0 Å². The fourth-order valence-corrected chi connectivity index (χ4v) is 2.14. The average Bonchev–Trinajstić information content (AvgIpc) is 2.63. The average molecular weight is 289 g/mol. The van der Waals surface area contributed by atoms with Crippen molar-refractivity contribution in [3.63, 3.8) is 0 Å². The van der Waals surface area contributed by atoms with Gasteiger partial charge in [0.25, 0.3) is 0 Å². The second-order valence-electron chi connectivity index (χ2n) is 3.89. The van der Waals surface area contributed by atoms with Crippen LogP contribution in [0.3, 0.4) is 0 Å². The van der Waals surface area contributed by atoms with Crippen molar-refractivity contribution >= 4 is 23.2 Å². The third kappa shape index (κ3) is 3.94. The van der Waals surface area contributed by atoms with E-state index in [1.54, 1.807) is 14.2 Å². The third-order valence-electron chi connectivity index (χ3n) is 3.31. The normalized spacial score (nSPS) is 36.5. The first-order valence-corrected chi connectivity index (χ1v) is 6.59. The Hall–Kier alpha value is 0.420. The molecule has 17 heavy (non-hydrogen) atoms. The quantitative estimate of drug-likeness (QED) is 0.806. The van der Waals surface area contributed by atoms with Crippen molar-refractivity contribution in [3.8, 4) is 0 Å². The van der Waals surface area contributed by atoms with E-state index < -0.39 is 5.60 Å². The Morgan fingerprint density at radius 1 is 1.29 bits per heavy atom. The molecule has 1 saturated heterocycles. The summed E-state index contributed by atoms with van der Waals surface area (Å²) in [7, 11) is 3.23. The van der Waals surface area contributed by atoms with Crippen LogP contribution in [0.15, 0.2) is 0 Å². The van der Waals surface area contributed by atoms with Gasteiger partial charge in [0.1, 0.15) is 6.10 Å². The standard InChI is InChI=1S/C10H20O4.CH2Cl2/c1-5-10(6-11)7(2)8(12-3)9(13-4)14-10;2-1-3/h7-9,11H,5-6H2,1-4H3;1H2/t7?,8?,9-,10+;/m1./s1. The molecule has 4 atom stereocenters. The van der Waals surface area contributed by atoms with Gasteiger partial charge in [-0.15, -0.1) is 23.2 Å². The lowest BCUT2D eigenvalue weighted by Crippen LogP contribution is -2.40. The summed E-state index contributed by atoms with van der Waals surface area (Å²) < 4.78 is 16.2. The van der Waals surface area contributed by atoms with Crippen molar-refractivity contribution in [2.45, 2.75) is 38.3 Å². The Labute approximate surface area is 113 Å². The predicted molar refractivity (Wildman–Crippen MR) is 68.5 cm³/mol. The van der Waals surface area contributed by atoms with Crippen molar-refractivity contribution in [3.05, 3.63) is 0 Å². The maximum Gasteiger partial charge on any atom is 0.184 e. The molecule has 0 radical (unpaired) electrons. The first kappa shape index (κ1) is 17.4. The van der Waals surface area contributed by atoms with Crippen molar-refractivity contribution in [1.29, 1.82) is 0 Å². The van der Waals surface area contributed by atoms with Crippen LogP contribution in [-0.2, 0) is 14.2 Å². The molecule has 1 N–H and O–H groups in total. The van der Waals surface area contributed by atoms with Gasteiger partial charge in [-0.05, 0) is 6.42 Å². The van der Waals surface area contributed by atoms with Crippen molar-refractivity contribution in [2.75, 3.05) is 26.2 Å². The van der Waals surface area contributed by atoms with Gasteiger partial charge >= 0.3 is 0 Å². The molecule has 4 nitrogen and oxygen atoms in total. The first-order chi connectivity index (χ1) is 8.06. The van der Waals surface area contributed by atoms with E-state index in [0.717, 1.165) is 6.42 Å². The summed E-state index contributed by atoms with van der Waals surface area (Å²) in [6.07, 6.45) is 0.277. The zero-order chi connectivity index (χ0) is 13.5. The van der Waals surface area contributed by atoms with Crippen LogP contribution in [0.1, 0.15) is 20.3 Å². The molecule has 0 aromatic heterocycles. The van der Waals surface area contributed by atoms with Crippen LogP contribution in [0.2, 0.25) is 0 Å². The van der Waals surface area contributed by atoms with E-state index in [4.69, 9.17) is 37.4 Å². The van der Waals surface area contributed by atoms with Gasteiger partial charge in [-0.25, -0.2) is 0 Å². The Morgan fingerprint density at radius 2 is 1.82 bits per heavy atom.